The number of likely N-dealkylation sites (tertiary alicyclic amines) is 1. The van der Waals surface area contributed by atoms with Crippen LogP contribution in [0.15, 0.2) is 16.8 Å². The van der Waals surface area contributed by atoms with Gasteiger partial charge < -0.3 is 16.0 Å². The quantitative estimate of drug-likeness (QED) is 0.771. The molecule has 0 aliphatic carbocycles. The van der Waals surface area contributed by atoms with Gasteiger partial charge in [0.25, 0.3) is 5.91 Å². The van der Waals surface area contributed by atoms with Crippen LogP contribution >= 0.6 is 11.3 Å². The van der Waals surface area contributed by atoms with E-state index in [1.165, 1.54) is 11.3 Å². The second kappa shape index (κ2) is 7.40. The van der Waals surface area contributed by atoms with Crippen LogP contribution in [-0.2, 0) is 4.79 Å². The third-order valence-electron chi connectivity index (χ3n) is 3.61. The summed E-state index contributed by atoms with van der Waals surface area (Å²) < 4.78 is 0. The Kier molecular flexibility index (Phi) is 5.55. The van der Waals surface area contributed by atoms with E-state index < -0.39 is 0 Å². The monoisotopic (exact) mass is 295 g/mol. The van der Waals surface area contributed by atoms with Crippen LogP contribution in [0.3, 0.4) is 0 Å². The molecule has 1 atom stereocenters. The van der Waals surface area contributed by atoms with Crippen molar-refractivity contribution in [3.63, 3.8) is 0 Å². The van der Waals surface area contributed by atoms with Crippen LogP contribution < -0.4 is 11.1 Å². The number of rotatable bonds is 6. The van der Waals surface area contributed by atoms with Crippen molar-refractivity contribution in [3.05, 3.63) is 22.4 Å². The Morgan fingerprint density at radius 2 is 2.35 bits per heavy atom. The lowest BCUT2D eigenvalue weighted by Gasteiger charge is -2.16. The van der Waals surface area contributed by atoms with Gasteiger partial charge in [-0.15, -0.1) is 0 Å². The summed E-state index contributed by atoms with van der Waals surface area (Å²) in [6, 6.07) is 1.79. The number of nitrogens with zero attached hydrogens (tertiary/aromatic N) is 1. The van der Waals surface area contributed by atoms with Gasteiger partial charge in [-0.1, -0.05) is 0 Å². The SMILES string of the molecule is NCC1CCN(C(=O)CCCNC(=O)c2ccsc2)C1. The molecule has 0 spiro atoms. The Labute approximate surface area is 123 Å². The predicted octanol–water partition coefficient (Wildman–Crippen LogP) is 1.07. The molecule has 1 unspecified atom stereocenters. The van der Waals surface area contributed by atoms with E-state index in [0.717, 1.165) is 19.5 Å². The van der Waals surface area contributed by atoms with E-state index in [0.29, 0.717) is 37.4 Å². The summed E-state index contributed by atoms with van der Waals surface area (Å²) in [5.41, 5.74) is 6.30. The Morgan fingerprint density at radius 1 is 1.50 bits per heavy atom. The largest absolute Gasteiger partial charge is 0.352 e. The molecular weight excluding hydrogens is 274 g/mol. The number of carbonyl (C=O) groups excluding carboxylic acids is 2. The minimum absolute atomic E-state index is 0.0666. The Hall–Kier alpha value is -1.40. The van der Waals surface area contributed by atoms with E-state index >= 15 is 0 Å². The topological polar surface area (TPSA) is 75.4 Å². The van der Waals surface area contributed by atoms with E-state index in [9.17, 15) is 9.59 Å². The average Bonchev–Trinajstić information content (AvgIpc) is 3.13. The van der Waals surface area contributed by atoms with Gasteiger partial charge in [0, 0.05) is 37.0 Å². The normalized spacial score (nSPS) is 18.2. The average molecular weight is 295 g/mol. The highest BCUT2D eigenvalue weighted by atomic mass is 32.1. The fourth-order valence-electron chi connectivity index (χ4n) is 2.35. The van der Waals surface area contributed by atoms with Gasteiger partial charge in [0.05, 0.1) is 0 Å². The molecule has 1 saturated heterocycles. The highest BCUT2D eigenvalue weighted by Gasteiger charge is 2.24. The highest BCUT2D eigenvalue weighted by Crippen LogP contribution is 2.16. The van der Waals surface area contributed by atoms with Crippen molar-refractivity contribution in [1.82, 2.24) is 10.2 Å². The van der Waals surface area contributed by atoms with Crippen molar-refractivity contribution in [2.24, 2.45) is 11.7 Å². The number of amides is 2. The van der Waals surface area contributed by atoms with E-state index in [-0.39, 0.29) is 11.8 Å². The molecule has 6 heteroatoms. The molecule has 20 heavy (non-hydrogen) atoms. The molecule has 2 heterocycles. The second-order valence-corrected chi connectivity index (χ2v) is 5.88. The van der Waals surface area contributed by atoms with Crippen LogP contribution in [0.4, 0.5) is 0 Å². The predicted molar refractivity (Wildman–Crippen MR) is 79.6 cm³/mol. The molecule has 0 bridgehead atoms. The molecule has 1 aliphatic heterocycles. The first-order valence-electron chi connectivity index (χ1n) is 6.99. The molecule has 2 amide bonds. The lowest BCUT2D eigenvalue weighted by Crippen LogP contribution is -2.31. The second-order valence-electron chi connectivity index (χ2n) is 5.10. The van der Waals surface area contributed by atoms with Gasteiger partial charge in [0.1, 0.15) is 0 Å². The number of thiophene rings is 1. The minimum Gasteiger partial charge on any atom is -0.352 e. The summed E-state index contributed by atoms with van der Waals surface area (Å²) in [6.07, 6.45) is 2.18. The van der Waals surface area contributed by atoms with E-state index in [1.54, 1.807) is 6.07 Å². The molecule has 5 nitrogen and oxygen atoms in total. The lowest BCUT2D eigenvalue weighted by atomic mass is 10.1. The zero-order valence-electron chi connectivity index (χ0n) is 11.5. The van der Waals surface area contributed by atoms with Gasteiger partial charge in [-0.05, 0) is 36.8 Å². The fraction of sp³-hybridized carbons (Fsp3) is 0.571. The summed E-state index contributed by atoms with van der Waals surface area (Å²) in [5, 5.41) is 6.52. The van der Waals surface area contributed by atoms with Crippen molar-refractivity contribution in [3.8, 4) is 0 Å². The molecule has 0 radical (unpaired) electrons. The maximum atomic E-state index is 12.0. The highest BCUT2D eigenvalue weighted by molar-refractivity contribution is 7.08. The molecular formula is C14H21N3O2S. The summed E-state index contributed by atoms with van der Waals surface area (Å²) in [5.74, 6) is 0.561. The third kappa shape index (κ3) is 4.05. The summed E-state index contributed by atoms with van der Waals surface area (Å²) >= 11 is 1.50. The van der Waals surface area contributed by atoms with E-state index in [4.69, 9.17) is 5.73 Å². The third-order valence-corrected chi connectivity index (χ3v) is 4.29. The van der Waals surface area contributed by atoms with Gasteiger partial charge in [0.2, 0.25) is 5.91 Å². The summed E-state index contributed by atoms with van der Waals surface area (Å²) in [7, 11) is 0. The van der Waals surface area contributed by atoms with E-state index in [2.05, 4.69) is 5.32 Å². The Morgan fingerprint density at radius 3 is 3.00 bits per heavy atom. The molecule has 1 fully saturated rings. The molecule has 1 aromatic heterocycles. The molecule has 3 N–H and O–H groups in total. The smallest absolute Gasteiger partial charge is 0.252 e. The van der Waals surface area contributed by atoms with Crippen LogP contribution in [0.5, 0.6) is 0 Å². The summed E-state index contributed by atoms with van der Waals surface area (Å²) in [6.45, 7) is 2.80. The first-order valence-corrected chi connectivity index (χ1v) is 7.93. The molecule has 0 saturated carbocycles. The Bertz CT molecular complexity index is 447. The van der Waals surface area contributed by atoms with Gasteiger partial charge >= 0.3 is 0 Å². The number of nitrogens with two attached hydrogens (primary N) is 1. The van der Waals surface area contributed by atoms with Gasteiger partial charge in [-0.2, -0.15) is 11.3 Å². The zero-order chi connectivity index (χ0) is 14.4. The van der Waals surface area contributed by atoms with Gasteiger partial charge in [-0.3, -0.25) is 9.59 Å². The standard InChI is InChI=1S/C14H21N3O2S/c15-8-11-3-6-17(9-11)13(18)2-1-5-16-14(19)12-4-7-20-10-12/h4,7,10-11H,1-3,5-6,8-9,15H2,(H,16,19). The lowest BCUT2D eigenvalue weighted by molar-refractivity contribution is -0.130. The van der Waals surface area contributed by atoms with Crippen LogP contribution in [-0.4, -0.2) is 42.9 Å². The van der Waals surface area contributed by atoms with Crippen LogP contribution in [0.1, 0.15) is 29.6 Å². The fourth-order valence-corrected chi connectivity index (χ4v) is 2.98. The molecule has 0 aromatic carbocycles. The van der Waals surface area contributed by atoms with Crippen LogP contribution in [0.25, 0.3) is 0 Å². The van der Waals surface area contributed by atoms with Crippen molar-refractivity contribution < 1.29 is 9.59 Å². The summed E-state index contributed by atoms with van der Waals surface area (Å²) in [4.78, 5) is 25.5. The maximum Gasteiger partial charge on any atom is 0.252 e. The van der Waals surface area contributed by atoms with Crippen molar-refractivity contribution in [2.75, 3.05) is 26.2 Å². The molecule has 110 valence electrons. The van der Waals surface area contributed by atoms with Crippen LogP contribution in [0, 0.1) is 5.92 Å². The van der Waals surface area contributed by atoms with Gasteiger partial charge in [-0.25, -0.2) is 0 Å². The number of nitrogens with one attached hydrogen (secondary N) is 1. The van der Waals surface area contributed by atoms with Crippen molar-refractivity contribution in [1.29, 1.82) is 0 Å². The van der Waals surface area contributed by atoms with Crippen LogP contribution in [0.2, 0.25) is 0 Å². The van der Waals surface area contributed by atoms with Crippen molar-refractivity contribution >= 4 is 23.2 Å². The van der Waals surface area contributed by atoms with Gasteiger partial charge in [0.15, 0.2) is 0 Å². The van der Waals surface area contributed by atoms with Crippen molar-refractivity contribution in [2.45, 2.75) is 19.3 Å². The molecule has 2 rings (SSSR count). The molecule has 1 aromatic rings. The minimum atomic E-state index is -0.0666. The molecule has 1 aliphatic rings. The number of hydrogen-bond donors (Lipinski definition) is 2. The van der Waals surface area contributed by atoms with E-state index in [1.807, 2.05) is 15.7 Å². The first-order chi connectivity index (χ1) is 9.70. The maximum absolute atomic E-state index is 12.0. The Balaban J connectivity index is 1.61. The number of hydrogen-bond acceptors (Lipinski definition) is 4. The zero-order valence-corrected chi connectivity index (χ0v) is 12.3. The first kappa shape index (κ1) is 15.0. The number of carbonyl (C=O) groups is 2.